The summed E-state index contributed by atoms with van der Waals surface area (Å²) in [4.78, 5) is 23.7. The molecule has 144 valence electrons. The summed E-state index contributed by atoms with van der Waals surface area (Å²) < 4.78 is 10.5. The highest BCUT2D eigenvalue weighted by molar-refractivity contribution is 5.80. The van der Waals surface area contributed by atoms with Crippen LogP contribution >= 0.6 is 0 Å². The molecule has 0 spiro atoms. The lowest BCUT2D eigenvalue weighted by Gasteiger charge is -2.22. The van der Waals surface area contributed by atoms with Crippen molar-refractivity contribution in [1.82, 2.24) is 5.32 Å². The number of para-hydroxylation sites is 1. The normalized spacial score (nSPS) is 12.7. The first-order valence-corrected chi connectivity index (χ1v) is 8.88. The van der Waals surface area contributed by atoms with Crippen molar-refractivity contribution in [3.8, 4) is 5.75 Å². The molecule has 2 unspecified atom stereocenters. The fraction of sp³-hybridized carbons (Fsp3) is 0.333. The van der Waals surface area contributed by atoms with Crippen LogP contribution in [0.15, 0.2) is 54.6 Å². The molecular weight excluding hydrogens is 346 g/mol. The Hall–Kier alpha value is -3.02. The van der Waals surface area contributed by atoms with Crippen molar-refractivity contribution in [2.45, 2.75) is 38.3 Å². The number of aliphatic carboxylic acids is 1. The Bertz CT molecular complexity index is 747. The Labute approximate surface area is 159 Å². The minimum atomic E-state index is -1.10. The predicted molar refractivity (Wildman–Crippen MR) is 102 cm³/mol. The van der Waals surface area contributed by atoms with E-state index in [0.717, 1.165) is 11.1 Å². The number of rotatable bonds is 9. The van der Waals surface area contributed by atoms with Gasteiger partial charge in [-0.2, -0.15) is 0 Å². The molecule has 2 N–H and O–H groups in total. The van der Waals surface area contributed by atoms with Crippen LogP contribution in [0.25, 0.3) is 0 Å². The molecule has 0 radical (unpaired) electrons. The molecule has 0 heterocycles. The largest absolute Gasteiger partial charge is 0.496 e. The predicted octanol–water partition coefficient (Wildman–Crippen LogP) is 3.96. The van der Waals surface area contributed by atoms with E-state index in [-0.39, 0.29) is 18.9 Å². The van der Waals surface area contributed by atoms with Crippen molar-refractivity contribution in [3.63, 3.8) is 0 Å². The molecule has 0 aliphatic carbocycles. The van der Waals surface area contributed by atoms with Gasteiger partial charge in [0.1, 0.15) is 18.4 Å². The van der Waals surface area contributed by atoms with Gasteiger partial charge in [-0.3, -0.25) is 0 Å². The van der Waals surface area contributed by atoms with Crippen LogP contribution in [0.3, 0.4) is 0 Å². The number of methoxy groups -OCH3 is 1. The number of carbonyl (C=O) groups is 2. The second-order valence-corrected chi connectivity index (χ2v) is 6.18. The summed E-state index contributed by atoms with van der Waals surface area (Å²) in [6.07, 6.45) is 0.207. The van der Waals surface area contributed by atoms with E-state index in [0.29, 0.717) is 12.2 Å². The van der Waals surface area contributed by atoms with E-state index in [9.17, 15) is 14.7 Å². The van der Waals surface area contributed by atoms with Gasteiger partial charge in [0.05, 0.1) is 7.11 Å². The third-order valence-corrected chi connectivity index (χ3v) is 4.39. The lowest BCUT2D eigenvalue weighted by molar-refractivity contribution is -0.139. The first kappa shape index (κ1) is 20.3. The molecule has 0 fully saturated rings. The highest BCUT2D eigenvalue weighted by Gasteiger charge is 2.26. The summed E-state index contributed by atoms with van der Waals surface area (Å²) in [6.45, 7) is 2.06. The summed E-state index contributed by atoms with van der Waals surface area (Å²) in [5, 5.41) is 12.0. The van der Waals surface area contributed by atoms with Gasteiger partial charge in [-0.15, -0.1) is 0 Å². The molecule has 2 aromatic carbocycles. The average Bonchev–Trinajstić information content (AvgIpc) is 2.70. The Kier molecular flexibility index (Phi) is 7.67. The maximum Gasteiger partial charge on any atom is 0.408 e. The molecule has 2 aromatic rings. The van der Waals surface area contributed by atoms with Crippen LogP contribution in [0.4, 0.5) is 4.79 Å². The zero-order valence-corrected chi connectivity index (χ0v) is 15.6. The number of nitrogens with one attached hydrogen (secondary N) is 1. The number of hydrogen-bond acceptors (Lipinski definition) is 4. The van der Waals surface area contributed by atoms with Gasteiger partial charge in [0.15, 0.2) is 0 Å². The van der Waals surface area contributed by atoms with Crippen molar-refractivity contribution in [2.24, 2.45) is 0 Å². The number of carboxylic acids is 1. The molecule has 2 rings (SSSR count). The number of ether oxygens (including phenoxy) is 2. The van der Waals surface area contributed by atoms with Gasteiger partial charge in [-0.25, -0.2) is 9.59 Å². The van der Waals surface area contributed by atoms with Crippen LogP contribution in [0.5, 0.6) is 5.75 Å². The van der Waals surface area contributed by atoms with Crippen LogP contribution in [-0.4, -0.2) is 30.3 Å². The van der Waals surface area contributed by atoms with Crippen LogP contribution in [-0.2, 0) is 16.1 Å². The van der Waals surface area contributed by atoms with E-state index in [1.165, 1.54) is 0 Å². The zero-order chi connectivity index (χ0) is 19.6. The minimum Gasteiger partial charge on any atom is -0.496 e. The van der Waals surface area contributed by atoms with Gasteiger partial charge >= 0.3 is 12.1 Å². The molecule has 6 heteroatoms. The maximum atomic E-state index is 12.0. The van der Waals surface area contributed by atoms with Crippen LogP contribution in [0.2, 0.25) is 0 Å². The van der Waals surface area contributed by atoms with Gasteiger partial charge in [-0.1, -0.05) is 55.5 Å². The van der Waals surface area contributed by atoms with E-state index in [1.54, 1.807) is 7.11 Å². The number of hydrogen-bond donors (Lipinski definition) is 2. The van der Waals surface area contributed by atoms with Crippen LogP contribution in [0, 0.1) is 0 Å². The van der Waals surface area contributed by atoms with E-state index in [1.807, 2.05) is 61.5 Å². The van der Waals surface area contributed by atoms with Crippen molar-refractivity contribution in [1.29, 1.82) is 0 Å². The molecule has 1 amide bonds. The molecule has 0 saturated heterocycles. The van der Waals surface area contributed by atoms with E-state index >= 15 is 0 Å². The topological polar surface area (TPSA) is 84.9 Å². The minimum absolute atomic E-state index is 0.0725. The number of carboxylic acid groups (broad SMARTS) is 1. The third kappa shape index (κ3) is 6.02. The fourth-order valence-electron chi connectivity index (χ4n) is 2.93. The van der Waals surface area contributed by atoms with Crippen LogP contribution in [0.1, 0.15) is 36.8 Å². The first-order valence-electron chi connectivity index (χ1n) is 8.88. The maximum absolute atomic E-state index is 12.0. The summed E-state index contributed by atoms with van der Waals surface area (Å²) in [7, 11) is 1.58. The highest BCUT2D eigenvalue weighted by atomic mass is 16.5. The van der Waals surface area contributed by atoms with E-state index in [4.69, 9.17) is 9.47 Å². The molecule has 2 atom stereocenters. The molecule has 0 saturated carbocycles. The highest BCUT2D eigenvalue weighted by Crippen LogP contribution is 2.32. The lowest BCUT2D eigenvalue weighted by atomic mass is 9.89. The Balaban J connectivity index is 2.01. The average molecular weight is 371 g/mol. The number of carbonyl (C=O) groups excluding carboxylic acids is 1. The van der Waals surface area contributed by atoms with Gasteiger partial charge in [-0.05, 0) is 36.0 Å². The summed E-state index contributed by atoms with van der Waals surface area (Å²) in [5.74, 6) is -0.461. The van der Waals surface area contributed by atoms with Gasteiger partial charge < -0.3 is 19.9 Å². The van der Waals surface area contributed by atoms with E-state index < -0.39 is 18.1 Å². The van der Waals surface area contributed by atoms with Crippen molar-refractivity contribution in [2.75, 3.05) is 7.11 Å². The second-order valence-electron chi connectivity index (χ2n) is 6.18. The number of benzene rings is 2. The van der Waals surface area contributed by atoms with Crippen molar-refractivity contribution >= 4 is 12.1 Å². The third-order valence-electron chi connectivity index (χ3n) is 4.39. The summed E-state index contributed by atoms with van der Waals surface area (Å²) in [6, 6.07) is 15.7. The molecule has 0 bridgehead atoms. The Morgan fingerprint density at radius 3 is 2.37 bits per heavy atom. The SMILES string of the molecule is CCC(CC(NC(=O)OCc1ccccc1)C(=O)O)c1ccccc1OC. The number of alkyl carbamates (subject to hydrolysis) is 1. The smallest absolute Gasteiger partial charge is 0.408 e. The quantitative estimate of drug-likeness (QED) is 0.697. The van der Waals surface area contributed by atoms with Crippen molar-refractivity contribution < 1.29 is 24.2 Å². The standard InChI is InChI=1S/C21H25NO5/c1-3-16(17-11-7-8-12-19(17)26-2)13-18(20(23)24)22-21(25)27-14-15-9-5-4-6-10-15/h4-12,16,18H,3,13-14H2,1-2H3,(H,22,25)(H,23,24). The monoisotopic (exact) mass is 371 g/mol. The Morgan fingerprint density at radius 1 is 1.07 bits per heavy atom. The second kappa shape index (κ2) is 10.2. The molecule has 6 nitrogen and oxygen atoms in total. The van der Waals surface area contributed by atoms with Gasteiger partial charge in [0.2, 0.25) is 0 Å². The number of amides is 1. The lowest BCUT2D eigenvalue weighted by Crippen LogP contribution is -2.42. The zero-order valence-electron chi connectivity index (χ0n) is 15.6. The Morgan fingerprint density at radius 2 is 1.74 bits per heavy atom. The first-order chi connectivity index (χ1) is 13.0. The van der Waals surface area contributed by atoms with Gasteiger partial charge in [0.25, 0.3) is 0 Å². The molecule has 0 aromatic heterocycles. The fourth-order valence-corrected chi connectivity index (χ4v) is 2.93. The molecular formula is C21H25NO5. The van der Waals surface area contributed by atoms with Crippen molar-refractivity contribution in [3.05, 3.63) is 65.7 Å². The molecule has 0 aliphatic heterocycles. The van der Waals surface area contributed by atoms with Crippen LogP contribution < -0.4 is 10.1 Å². The van der Waals surface area contributed by atoms with E-state index in [2.05, 4.69) is 5.32 Å². The molecule has 0 aliphatic rings. The summed E-state index contributed by atoms with van der Waals surface area (Å²) in [5.41, 5.74) is 1.76. The van der Waals surface area contributed by atoms with Gasteiger partial charge in [0, 0.05) is 0 Å². The molecule has 27 heavy (non-hydrogen) atoms. The summed E-state index contributed by atoms with van der Waals surface area (Å²) >= 11 is 0.